The first kappa shape index (κ1) is 15.9. The van der Waals surface area contributed by atoms with Gasteiger partial charge in [0.05, 0.1) is 5.69 Å². The Morgan fingerprint density at radius 1 is 1.53 bits per heavy atom. The number of nitrogens with zero attached hydrogens (tertiary/aromatic N) is 1. The van der Waals surface area contributed by atoms with Gasteiger partial charge in [-0.05, 0) is 36.3 Å². The van der Waals surface area contributed by atoms with Gasteiger partial charge < -0.3 is 11.1 Å². The van der Waals surface area contributed by atoms with E-state index in [1.807, 2.05) is 0 Å². The Morgan fingerprint density at radius 3 is 2.74 bits per heavy atom. The Kier molecular flexibility index (Phi) is 5.32. The first-order valence-electron chi connectivity index (χ1n) is 6.50. The molecular weight excluding hydrogens is 262 g/mol. The van der Waals surface area contributed by atoms with E-state index in [1.165, 1.54) is 12.8 Å². The van der Waals surface area contributed by atoms with Crippen LogP contribution in [0.3, 0.4) is 0 Å². The summed E-state index contributed by atoms with van der Waals surface area (Å²) in [7, 11) is 0. The second-order valence-electron chi connectivity index (χ2n) is 5.44. The molecule has 0 aromatic carbocycles. The summed E-state index contributed by atoms with van der Waals surface area (Å²) in [6.07, 6.45) is 4.07. The summed E-state index contributed by atoms with van der Waals surface area (Å²) >= 11 is 0. The third-order valence-corrected chi connectivity index (χ3v) is 4.01. The fraction of sp³-hybridized carbons (Fsp3) is 0.571. The fourth-order valence-corrected chi connectivity index (χ4v) is 2.21. The largest absolute Gasteiger partial charge is 0.351 e. The second-order valence-corrected chi connectivity index (χ2v) is 5.44. The lowest BCUT2D eigenvalue weighted by Gasteiger charge is -2.20. The van der Waals surface area contributed by atoms with E-state index >= 15 is 0 Å². The number of nitrogens with one attached hydrogen (secondary N) is 1. The molecule has 2 rings (SSSR count). The normalized spacial score (nSPS) is 15.8. The molecule has 0 saturated heterocycles. The summed E-state index contributed by atoms with van der Waals surface area (Å²) < 4.78 is 0. The predicted molar refractivity (Wildman–Crippen MR) is 78.2 cm³/mol. The van der Waals surface area contributed by atoms with E-state index in [2.05, 4.69) is 24.1 Å². The number of aromatic nitrogens is 1. The van der Waals surface area contributed by atoms with Gasteiger partial charge in [-0.3, -0.25) is 9.78 Å². The number of halogens is 1. The summed E-state index contributed by atoms with van der Waals surface area (Å²) in [6, 6.07) is 3.48. The third kappa shape index (κ3) is 3.67. The lowest BCUT2D eigenvalue weighted by molar-refractivity contribution is 0.0939. The standard InChI is InChI=1S/C14H21N3O.ClH/c1-10(2)14(4-5-14)9-17-13(18)11-3-6-16-12(7-11)8-15;/h3,6-7,10H,4-5,8-9,15H2,1-2H3,(H,17,18);1H. The molecule has 0 bridgehead atoms. The SMILES string of the molecule is CC(C)C1(CNC(=O)c2ccnc(CN)c2)CC1.Cl. The molecule has 1 amide bonds. The number of pyridine rings is 1. The van der Waals surface area contributed by atoms with Crippen LogP contribution in [0.4, 0.5) is 0 Å². The molecule has 1 saturated carbocycles. The smallest absolute Gasteiger partial charge is 0.251 e. The van der Waals surface area contributed by atoms with Gasteiger partial charge in [0.2, 0.25) is 0 Å². The van der Waals surface area contributed by atoms with E-state index in [0.717, 1.165) is 12.2 Å². The molecule has 1 aliphatic carbocycles. The molecule has 0 radical (unpaired) electrons. The summed E-state index contributed by atoms with van der Waals surface area (Å²) in [5.41, 5.74) is 7.24. The van der Waals surface area contributed by atoms with Crippen molar-refractivity contribution in [2.75, 3.05) is 6.54 Å². The highest BCUT2D eigenvalue weighted by Gasteiger charge is 2.45. The first-order valence-corrected chi connectivity index (χ1v) is 6.50. The third-order valence-electron chi connectivity index (χ3n) is 4.01. The van der Waals surface area contributed by atoms with Crippen LogP contribution in [0, 0.1) is 11.3 Å². The number of nitrogens with two attached hydrogens (primary N) is 1. The number of carbonyl (C=O) groups is 1. The van der Waals surface area contributed by atoms with Crippen molar-refractivity contribution in [3.05, 3.63) is 29.6 Å². The highest BCUT2D eigenvalue weighted by Crippen LogP contribution is 2.51. The number of rotatable bonds is 5. The first-order chi connectivity index (χ1) is 8.57. The van der Waals surface area contributed by atoms with E-state index in [9.17, 15) is 4.79 Å². The van der Waals surface area contributed by atoms with Crippen LogP contribution >= 0.6 is 12.4 Å². The monoisotopic (exact) mass is 283 g/mol. The Morgan fingerprint density at radius 2 is 2.21 bits per heavy atom. The number of hydrogen-bond acceptors (Lipinski definition) is 3. The summed E-state index contributed by atoms with van der Waals surface area (Å²) in [6.45, 7) is 5.57. The molecule has 1 heterocycles. The zero-order chi connectivity index (χ0) is 13.2. The summed E-state index contributed by atoms with van der Waals surface area (Å²) in [5, 5.41) is 3.03. The quantitative estimate of drug-likeness (QED) is 0.870. The minimum absolute atomic E-state index is 0. The van der Waals surface area contributed by atoms with E-state index in [-0.39, 0.29) is 18.3 Å². The Hall–Kier alpha value is -1.13. The molecule has 4 nitrogen and oxygen atoms in total. The molecular formula is C14H22ClN3O. The van der Waals surface area contributed by atoms with Crippen molar-refractivity contribution in [2.45, 2.75) is 33.2 Å². The molecule has 106 valence electrons. The van der Waals surface area contributed by atoms with Crippen molar-refractivity contribution in [1.82, 2.24) is 10.3 Å². The average molecular weight is 284 g/mol. The van der Waals surface area contributed by atoms with Crippen molar-refractivity contribution >= 4 is 18.3 Å². The van der Waals surface area contributed by atoms with Crippen molar-refractivity contribution < 1.29 is 4.79 Å². The van der Waals surface area contributed by atoms with E-state index in [1.54, 1.807) is 18.3 Å². The van der Waals surface area contributed by atoms with Crippen LogP contribution in [0.1, 0.15) is 42.7 Å². The molecule has 1 aromatic rings. The Balaban J connectivity index is 0.00000180. The zero-order valence-corrected chi connectivity index (χ0v) is 12.3. The average Bonchev–Trinajstić information content (AvgIpc) is 3.17. The molecule has 5 heteroatoms. The van der Waals surface area contributed by atoms with Gasteiger partial charge in [-0.25, -0.2) is 0 Å². The van der Waals surface area contributed by atoms with Crippen molar-refractivity contribution in [3.8, 4) is 0 Å². The lowest BCUT2D eigenvalue weighted by Crippen LogP contribution is -2.32. The molecule has 1 fully saturated rings. The molecule has 0 atom stereocenters. The second kappa shape index (κ2) is 6.35. The van der Waals surface area contributed by atoms with Gasteiger partial charge >= 0.3 is 0 Å². The highest BCUT2D eigenvalue weighted by molar-refractivity contribution is 5.94. The number of amides is 1. The van der Waals surface area contributed by atoms with Gasteiger partial charge in [0.25, 0.3) is 5.91 Å². The van der Waals surface area contributed by atoms with Gasteiger partial charge in [0, 0.05) is 24.8 Å². The molecule has 1 aromatic heterocycles. The summed E-state index contributed by atoms with van der Waals surface area (Å²) in [5.74, 6) is 0.592. The topological polar surface area (TPSA) is 68.0 Å². The number of hydrogen-bond donors (Lipinski definition) is 2. The molecule has 1 aliphatic rings. The van der Waals surface area contributed by atoms with Crippen LogP contribution in [-0.4, -0.2) is 17.4 Å². The fourth-order valence-electron chi connectivity index (χ4n) is 2.21. The van der Waals surface area contributed by atoms with Gasteiger partial charge in [0.1, 0.15) is 0 Å². The van der Waals surface area contributed by atoms with Crippen LogP contribution in [0.25, 0.3) is 0 Å². The van der Waals surface area contributed by atoms with Gasteiger partial charge in [-0.1, -0.05) is 13.8 Å². The highest BCUT2D eigenvalue weighted by atomic mass is 35.5. The maximum Gasteiger partial charge on any atom is 0.251 e. The Labute approximate surface area is 120 Å². The van der Waals surface area contributed by atoms with Crippen LogP contribution in [0.15, 0.2) is 18.3 Å². The van der Waals surface area contributed by atoms with Gasteiger partial charge in [-0.15, -0.1) is 12.4 Å². The van der Waals surface area contributed by atoms with E-state index in [4.69, 9.17) is 5.73 Å². The molecule has 19 heavy (non-hydrogen) atoms. The van der Waals surface area contributed by atoms with Crippen LogP contribution in [-0.2, 0) is 6.54 Å². The molecule has 0 spiro atoms. The molecule has 3 N–H and O–H groups in total. The predicted octanol–water partition coefficient (Wildman–Crippen LogP) is 2.13. The van der Waals surface area contributed by atoms with E-state index in [0.29, 0.717) is 23.4 Å². The Bertz CT molecular complexity index is 444. The van der Waals surface area contributed by atoms with E-state index < -0.39 is 0 Å². The number of carbonyl (C=O) groups excluding carboxylic acids is 1. The van der Waals surface area contributed by atoms with Gasteiger partial charge in [0.15, 0.2) is 0 Å². The maximum absolute atomic E-state index is 12.0. The van der Waals surface area contributed by atoms with Crippen molar-refractivity contribution in [3.63, 3.8) is 0 Å². The minimum Gasteiger partial charge on any atom is -0.351 e. The van der Waals surface area contributed by atoms with Gasteiger partial charge in [-0.2, -0.15) is 0 Å². The minimum atomic E-state index is -0.0287. The van der Waals surface area contributed by atoms with Crippen molar-refractivity contribution in [2.24, 2.45) is 17.1 Å². The van der Waals surface area contributed by atoms with Crippen LogP contribution in [0.5, 0.6) is 0 Å². The zero-order valence-electron chi connectivity index (χ0n) is 11.5. The summed E-state index contributed by atoms with van der Waals surface area (Å²) in [4.78, 5) is 16.1. The maximum atomic E-state index is 12.0. The van der Waals surface area contributed by atoms with Crippen LogP contribution in [0.2, 0.25) is 0 Å². The molecule has 0 aliphatic heterocycles. The van der Waals surface area contributed by atoms with Crippen LogP contribution < -0.4 is 11.1 Å². The molecule has 0 unspecified atom stereocenters. The van der Waals surface area contributed by atoms with Crippen molar-refractivity contribution in [1.29, 1.82) is 0 Å². The lowest BCUT2D eigenvalue weighted by atomic mass is 9.92.